The quantitative estimate of drug-likeness (QED) is 0.804. The maximum atomic E-state index is 13.4. The van der Waals surface area contributed by atoms with E-state index in [1.807, 2.05) is 0 Å². The van der Waals surface area contributed by atoms with Gasteiger partial charge in [-0.05, 0) is 19.1 Å². The molecule has 2 rings (SSSR count). The summed E-state index contributed by atoms with van der Waals surface area (Å²) in [6, 6.07) is 2.61. The Morgan fingerprint density at radius 1 is 1.33 bits per heavy atom. The van der Waals surface area contributed by atoms with Crippen LogP contribution >= 0.6 is 11.3 Å². The van der Waals surface area contributed by atoms with Crippen LogP contribution in [-0.4, -0.2) is 23.1 Å². The molecular formula is C15H14F2N2O4S. The number of carbonyl (C=O) groups excluding carboxylic acids is 2. The standard InChI is InChI=1S/C15H14F2N2O4S/c1-9-8-24-15(22)19(9)5-4-14(21)23-7-13(20)18-12-6-10(16)2-3-11(12)17/h2-3,6,8H,4-5,7H2,1H3,(H,18,20). The minimum atomic E-state index is -0.802. The highest BCUT2D eigenvalue weighted by atomic mass is 32.1. The van der Waals surface area contributed by atoms with Gasteiger partial charge >= 0.3 is 10.8 Å². The van der Waals surface area contributed by atoms with E-state index in [-0.39, 0.29) is 23.5 Å². The smallest absolute Gasteiger partial charge is 0.308 e. The molecule has 1 heterocycles. The van der Waals surface area contributed by atoms with Gasteiger partial charge in [0.1, 0.15) is 11.6 Å². The summed E-state index contributed by atoms with van der Waals surface area (Å²) < 4.78 is 32.5. The van der Waals surface area contributed by atoms with Crippen LogP contribution in [0, 0.1) is 18.6 Å². The number of nitrogens with one attached hydrogen (secondary N) is 1. The summed E-state index contributed by atoms with van der Waals surface area (Å²) in [5, 5.41) is 3.78. The molecule has 0 saturated heterocycles. The first-order valence-corrected chi connectivity index (χ1v) is 7.80. The average molecular weight is 356 g/mol. The van der Waals surface area contributed by atoms with Crippen molar-refractivity contribution in [3.63, 3.8) is 0 Å². The van der Waals surface area contributed by atoms with Crippen LogP contribution in [0.3, 0.4) is 0 Å². The molecule has 1 aromatic heterocycles. The van der Waals surface area contributed by atoms with E-state index < -0.39 is 30.1 Å². The van der Waals surface area contributed by atoms with E-state index in [4.69, 9.17) is 4.74 Å². The van der Waals surface area contributed by atoms with Crippen molar-refractivity contribution in [2.24, 2.45) is 0 Å². The molecule has 0 aliphatic rings. The molecule has 0 radical (unpaired) electrons. The third kappa shape index (κ3) is 4.72. The van der Waals surface area contributed by atoms with E-state index in [9.17, 15) is 23.2 Å². The fourth-order valence-electron chi connectivity index (χ4n) is 1.88. The number of thiazole rings is 1. The summed E-state index contributed by atoms with van der Waals surface area (Å²) in [4.78, 5) is 34.5. The SMILES string of the molecule is Cc1csc(=O)n1CCC(=O)OCC(=O)Nc1cc(F)ccc1F. The minimum absolute atomic E-state index is 0.0842. The normalized spacial score (nSPS) is 10.5. The number of halogens is 2. The Kier molecular flexibility index (Phi) is 5.80. The summed E-state index contributed by atoms with van der Waals surface area (Å²) in [6.07, 6.45) is -0.0842. The van der Waals surface area contributed by atoms with E-state index in [2.05, 4.69) is 5.32 Å². The number of hydrogen-bond donors (Lipinski definition) is 1. The predicted molar refractivity (Wildman–Crippen MR) is 83.9 cm³/mol. The van der Waals surface area contributed by atoms with Gasteiger partial charge in [0.25, 0.3) is 5.91 Å². The Hall–Kier alpha value is -2.55. The van der Waals surface area contributed by atoms with Crippen molar-refractivity contribution in [1.29, 1.82) is 0 Å². The highest BCUT2D eigenvalue weighted by Crippen LogP contribution is 2.15. The molecule has 0 fully saturated rings. The number of amides is 1. The van der Waals surface area contributed by atoms with Gasteiger partial charge in [-0.25, -0.2) is 8.78 Å². The van der Waals surface area contributed by atoms with Gasteiger partial charge in [-0.2, -0.15) is 0 Å². The number of hydrogen-bond acceptors (Lipinski definition) is 5. The zero-order chi connectivity index (χ0) is 17.7. The molecule has 0 atom stereocenters. The molecule has 6 nitrogen and oxygen atoms in total. The summed E-state index contributed by atoms with van der Waals surface area (Å²) in [7, 11) is 0. The lowest BCUT2D eigenvalue weighted by molar-refractivity contribution is -0.147. The van der Waals surface area contributed by atoms with E-state index >= 15 is 0 Å². The van der Waals surface area contributed by atoms with Crippen molar-refractivity contribution in [2.45, 2.75) is 19.9 Å². The second-order valence-corrected chi connectivity index (χ2v) is 5.70. The fourth-order valence-corrected chi connectivity index (χ4v) is 2.64. The lowest BCUT2D eigenvalue weighted by Gasteiger charge is -2.08. The lowest BCUT2D eigenvalue weighted by Crippen LogP contribution is -2.23. The molecule has 128 valence electrons. The second kappa shape index (κ2) is 7.82. The van der Waals surface area contributed by atoms with Crippen LogP contribution in [0.25, 0.3) is 0 Å². The third-order valence-electron chi connectivity index (χ3n) is 3.08. The van der Waals surface area contributed by atoms with Gasteiger partial charge in [-0.15, -0.1) is 0 Å². The third-order valence-corrected chi connectivity index (χ3v) is 3.96. The van der Waals surface area contributed by atoms with E-state index in [0.717, 1.165) is 35.2 Å². The van der Waals surface area contributed by atoms with Crippen molar-refractivity contribution in [3.8, 4) is 0 Å². The summed E-state index contributed by atoms with van der Waals surface area (Å²) in [5.41, 5.74) is 0.397. The highest BCUT2D eigenvalue weighted by molar-refractivity contribution is 7.07. The Balaban J connectivity index is 1.80. The molecule has 0 saturated carbocycles. The monoisotopic (exact) mass is 356 g/mol. The topological polar surface area (TPSA) is 77.4 Å². The summed E-state index contributed by atoms with van der Waals surface area (Å²) in [6.45, 7) is 1.25. The first kappa shape index (κ1) is 17.8. The van der Waals surface area contributed by atoms with Crippen molar-refractivity contribution >= 4 is 28.9 Å². The number of anilines is 1. The summed E-state index contributed by atoms with van der Waals surface area (Å²) >= 11 is 1.03. The summed E-state index contributed by atoms with van der Waals surface area (Å²) in [5.74, 6) is -2.98. The first-order valence-electron chi connectivity index (χ1n) is 6.92. The van der Waals surface area contributed by atoms with Gasteiger partial charge in [0.15, 0.2) is 6.61 Å². The molecule has 24 heavy (non-hydrogen) atoms. The molecule has 2 aromatic rings. The van der Waals surface area contributed by atoms with Crippen LogP contribution in [0.15, 0.2) is 28.4 Å². The van der Waals surface area contributed by atoms with Crippen molar-refractivity contribution in [2.75, 3.05) is 11.9 Å². The van der Waals surface area contributed by atoms with Crippen LogP contribution < -0.4 is 10.2 Å². The molecule has 0 unspecified atom stereocenters. The Labute approximate surface area is 139 Å². The molecular weight excluding hydrogens is 342 g/mol. The average Bonchev–Trinajstić information content (AvgIpc) is 2.85. The predicted octanol–water partition coefficient (Wildman–Crippen LogP) is 2.07. The van der Waals surface area contributed by atoms with Gasteiger partial charge in [-0.1, -0.05) is 11.3 Å². The van der Waals surface area contributed by atoms with Gasteiger partial charge in [0, 0.05) is 23.7 Å². The number of carbonyl (C=O) groups is 2. The molecule has 9 heteroatoms. The van der Waals surface area contributed by atoms with Gasteiger partial charge in [0.2, 0.25) is 0 Å². The molecule has 0 aliphatic heterocycles. The number of nitrogens with zero attached hydrogens (tertiary/aromatic N) is 1. The number of aromatic nitrogens is 1. The first-order chi connectivity index (χ1) is 11.4. The van der Waals surface area contributed by atoms with Crippen LogP contribution in [0.4, 0.5) is 14.5 Å². The molecule has 0 spiro atoms. The minimum Gasteiger partial charge on any atom is -0.456 e. The van der Waals surface area contributed by atoms with Crippen LogP contribution in [0.1, 0.15) is 12.1 Å². The van der Waals surface area contributed by atoms with Gasteiger partial charge in [0.05, 0.1) is 12.1 Å². The van der Waals surface area contributed by atoms with Gasteiger partial charge in [-0.3, -0.25) is 14.4 Å². The molecule has 0 bridgehead atoms. The lowest BCUT2D eigenvalue weighted by atomic mass is 10.3. The zero-order valence-electron chi connectivity index (χ0n) is 12.7. The van der Waals surface area contributed by atoms with E-state index in [1.165, 1.54) is 4.57 Å². The molecule has 1 aromatic carbocycles. The van der Waals surface area contributed by atoms with Crippen LogP contribution in [0.5, 0.6) is 0 Å². The Morgan fingerprint density at radius 3 is 2.75 bits per heavy atom. The molecule has 1 N–H and O–H groups in total. The number of benzene rings is 1. The van der Waals surface area contributed by atoms with Crippen LogP contribution in [0.2, 0.25) is 0 Å². The maximum absolute atomic E-state index is 13.4. The number of rotatable bonds is 6. The maximum Gasteiger partial charge on any atom is 0.308 e. The van der Waals surface area contributed by atoms with Crippen molar-refractivity contribution < 1.29 is 23.1 Å². The Bertz CT molecular complexity index is 816. The van der Waals surface area contributed by atoms with Gasteiger partial charge < -0.3 is 14.6 Å². The van der Waals surface area contributed by atoms with Crippen LogP contribution in [-0.2, 0) is 20.9 Å². The van der Waals surface area contributed by atoms with Crippen molar-refractivity contribution in [3.05, 3.63) is 50.6 Å². The molecule has 1 amide bonds. The Morgan fingerprint density at radius 2 is 2.08 bits per heavy atom. The second-order valence-electron chi connectivity index (χ2n) is 4.88. The zero-order valence-corrected chi connectivity index (χ0v) is 13.5. The number of ether oxygens (including phenoxy) is 1. The highest BCUT2D eigenvalue weighted by Gasteiger charge is 2.12. The largest absolute Gasteiger partial charge is 0.456 e. The van der Waals surface area contributed by atoms with E-state index in [1.54, 1.807) is 12.3 Å². The van der Waals surface area contributed by atoms with Crippen molar-refractivity contribution in [1.82, 2.24) is 4.57 Å². The van der Waals surface area contributed by atoms with E-state index in [0.29, 0.717) is 0 Å². The fraction of sp³-hybridized carbons (Fsp3) is 0.267. The number of esters is 1. The number of aryl methyl sites for hydroxylation is 1. The molecule has 0 aliphatic carbocycles.